The summed E-state index contributed by atoms with van der Waals surface area (Å²) in [7, 11) is 0. The Morgan fingerprint density at radius 1 is 1.53 bits per heavy atom. The van der Waals surface area contributed by atoms with Crippen molar-refractivity contribution in [3.05, 3.63) is 42.7 Å². The van der Waals surface area contributed by atoms with Gasteiger partial charge in [-0.15, -0.1) is 22.7 Å². The van der Waals surface area contributed by atoms with Crippen LogP contribution < -0.4 is 5.56 Å². The zero-order chi connectivity index (χ0) is 13.4. The molecule has 0 aliphatic rings. The van der Waals surface area contributed by atoms with Crippen LogP contribution >= 0.6 is 34.9 Å². The summed E-state index contributed by atoms with van der Waals surface area (Å²) in [5.74, 6) is 0. The van der Waals surface area contributed by atoms with E-state index in [-0.39, 0.29) is 5.56 Å². The van der Waals surface area contributed by atoms with Gasteiger partial charge in [0.1, 0.15) is 9.71 Å². The smallest absolute Gasteiger partial charge is 0.272 e. The summed E-state index contributed by atoms with van der Waals surface area (Å²) in [6.07, 6.45) is 2.82. The summed E-state index contributed by atoms with van der Waals surface area (Å²) < 4.78 is 2.73. The summed E-state index contributed by atoms with van der Waals surface area (Å²) >= 11 is 8.31. The molecule has 3 aromatic rings. The molecular formula is C12H11N3OS3. The standard InChI is InChI=1S/C12H11N3OS3/c1-2-7-5-13-9(19-7)6-15-11(16)10-8(3-4-18-10)14-12(15)17/h3-5H,2,6H2,1H3,(H,14,17). The van der Waals surface area contributed by atoms with Gasteiger partial charge in [0.2, 0.25) is 0 Å². The first-order valence-electron chi connectivity index (χ1n) is 5.83. The Balaban J connectivity index is 2.09. The van der Waals surface area contributed by atoms with Crippen molar-refractivity contribution in [1.82, 2.24) is 14.5 Å². The van der Waals surface area contributed by atoms with Crippen LogP contribution in [0.1, 0.15) is 16.8 Å². The summed E-state index contributed by atoms with van der Waals surface area (Å²) in [4.78, 5) is 21.0. The zero-order valence-corrected chi connectivity index (χ0v) is 12.6. The van der Waals surface area contributed by atoms with Crippen molar-refractivity contribution >= 4 is 45.1 Å². The number of aromatic amines is 1. The number of aromatic nitrogens is 3. The highest BCUT2D eigenvalue weighted by Crippen LogP contribution is 2.17. The normalized spacial score (nSPS) is 11.2. The minimum absolute atomic E-state index is 0.0398. The van der Waals surface area contributed by atoms with Crippen LogP contribution in [0.4, 0.5) is 0 Å². The molecule has 4 nitrogen and oxygen atoms in total. The van der Waals surface area contributed by atoms with E-state index in [0.29, 0.717) is 16.0 Å². The lowest BCUT2D eigenvalue weighted by Crippen LogP contribution is -2.21. The van der Waals surface area contributed by atoms with Gasteiger partial charge in [0.15, 0.2) is 4.77 Å². The van der Waals surface area contributed by atoms with Crippen molar-refractivity contribution in [2.24, 2.45) is 0 Å². The number of thiazole rings is 1. The van der Waals surface area contributed by atoms with Gasteiger partial charge >= 0.3 is 0 Å². The Hall–Kier alpha value is -1.31. The predicted molar refractivity (Wildman–Crippen MR) is 81.9 cm³/mol. The summed E-state index contributed by atoms with van der Waals surface area (Å²) in [5.41, 5.74) is 0.770. The highest BCUT2D eigenvalue weighted by Gasteiger charge is 2.09. The first kappa shape index (κ1) is 12.7. The molecule has 0 aliphatic carbocycles. The average molecular weight is 309 g/mol. The van der Waals surface area contributed by atoms with Gasteiger partial charge in [0.25, 0.3) is 5.56 Å². The molecule has 98 valence electrons. The van der Waals surface area contributed by atoms with Crippen molar-refractivity contribution < 1.29 is 0 Å². The monoisotopic (exact) mass is 309 g/mol. The molecule has 0 fully saturated rings. The van der Waals surface area contributed by atoms with E-state index in [1.54, 1.807) is 15.9 Å². The van der Waals surface area contributed by atoms with Gasteiger partial charge in [0, 0.05) is 11.1 Å². The zero-order valence-electron chi connectivity index (χ0n) is 10.2. The fourth-order valence-electron chi connectivity index (χ4n) is 1.83. The maximum Gasteiger partial charge on any atom is 0.272 e. The first-order valence-corrected chi connectivity index (χ1v) is 7.93. The second kappa shape index (κ2) is 4.99. The molecule has 0 atom stereocenters. The van der Waals surface area contributed by atoms with E-state index in [1.807, 2.05) is 17.6 Å². The van der Waals surface area contributed by atoms with E-state index >= 15 is 0 Å². The van der Waals surface area contributed by atoms with Gasteiger partial charge in [-0.3, -0.25) is 9.36 Å². The van der Waals surface area contributed by atoms with Crippen molar-refractivity contribution in [1.29, 1.82) is 0 Å². The van der Waals surface area contributed by atoms with Crippen molar-refractivity contribution in [3.63, 3.8) is 0 Å². The van der Waals surface area contributed by atoms with Gasteiger partial charge in [0.05, 0.1) is 12.1 Å². The third kappa shape index (κ3) is 2.29. The molecule has 3 heterocycles. The van der Waals surface area contributed by atoms with E-state index in [1.165, 1.54) is 16.2 Å². The number of hydrogen-bond acceptors (Lipinski definition) is 5. The number of rotatable bonds is 3. The lowest BCUT2D eigenvalue weighted by molar-refractivity contribution is 0.731. The summed E-state index contributed by atoms with van der Waals surface area (Å²) in [5, 5.41) is 2.80. The number of thiophene rings is 1. The molecule has 0 bridgehead atoms. The van der Waals surface area contributed by atoms with Crippen molar-refractivity contribution in [2.45, 2.75) is 19.9 Å². The number of aryl methyl sites for hydroxylation is 1. The Kier molecular flexibility index (Phi) is 3.34. The molecular weight excluding hydrogens is 298 g/mol. The topological polar surface area (TPSA) is 50.7 Å². The molecule has 0 unspecified atom stereocenters. The third-order valence-corrected chi connectivity index (χ3v) is 5.19. The van der Waals surface area contributed by atoms with Gasteiger partial charge in [-0.25, -0.2) is 4.98 Å². The predicted octanol–water partition coefficient (Wildman–Crippen LogP) is 3.19. The fraction of sp³-hybridized carbons (Fsp3) is 0.250. The second-order valence-corrected chi connectivity index (χ2v) is 6.56. The van der Waals surface area contributed by atoms with E-state index in [0.717, 1.165) is 16.9 Å². The quantitative estimate of drug-likeness (QED) is 0.756. The van der Waals surface area contributed by atoms with Gasteiger partial charge in [-0.2, -0.15) is 0 Å². The van der Waals surface area contributed by atoms with Crippen LogP contribution in [0, 0.1) is 4.77 Å². The van der Waals surface area contributed by atoms with Crippen LogP contribution in [0.5, 0.6) is 0 Å². The van der Waals surface area contributed by atoms with E-state index in [9.17, 15) is 4.79 Å². The molecule has 0 aliphatic heterocycles. The molecule has 0 saturated carbocycles. The maximum atomic E-state index is 12.4. The number of fused-ring (bicyclic) bond motifs is 1. The van der Waals surface area contributed by atoms with Gasteiger partial charge in [-0.1, -0.05) is 6.92 Å². The van der Waals surface area contributed by atoms with Crippen LogP contribution in [0.3, 0.4) is 0 Å². The summed E-state index contributed by atoms with van der Waals surface area (Å²) in [6, 6.07) is 1.88. The highest BCUT2D eigenvalue weighted by molar-refractivity contribution is 7.71. The molecule has 0 aromatic carbocycles. The number of hydrogen-bond donors (Lipinski definition) is 1. The minimum Gasteiger partial charge on any atom is -0.331 e. The van der Waals surface area contributed by atoms with E-state index in [2.05, 4.69) is 16.9 Å². The van der Waals surface area contributed by atoms with E-state index in [4.69, 9.17) is 12.2 Å². The first-order chi connectivity index (χ1) is 9.19. The maximum absolute atomic E-state index is 12.4. The van der Waals surface area contributed by atoms with E-state index < -0.39 is 0 Å². The van der Waals surface area contributed by atoms with Crippen molar-refractivity contribution in [2.75, 3.05) is 0 Å². The Bertz CT molecular complexity index is 840. The average Bonchev–Trinajstić information content (AvgIpc) is 3.02. The van der Waals surface area contributed by atoms with Crippen LogP contribution in [-0.2, 0) is 13.0 Å². The Morgan fingerprint density at radius 3 is 3.11 bits per heavy atom. The molecule has 19 heavy (non-hydrogen) atoms. The number of nitrogens with one attached hydrogen (secondary N) is 1. The SMILES string of the molecule is CCc1cnc(Cn2c(=S)[nH]c3ccsc3c2=O)s1. The van der Waals surface area contributed by atoms with Crippen LogP contribution in [0.2, 0.25) is 0 Å². The summed E-state index contributed by atoms with van der Waals surface area (Å²) in [6.45, 7) is 2.53. The lowest BCUT2D eigenvalue weighted by Gasteiger charge is -2.03. The van der Waals surface area contributed by atoms with Crippen LogP contribution in [0.15, 0.2) is 22.4 Å². The Morgan fingerprint density at radius 2 is 2.37 bits per heavy atom. The third-order valence-electron chi connectivity index (χ3n) is 2.83. The number of nitrogens with zero attached hydrogens (tertiary/aromatic N) is 2. The fourth-order valence-corrected chi connectivity index (χ4v) is 3.74. The van der Waals surface area contributed by atoms with Crippen LogP contribution in [-0.4, -0.2) is 14.5 Å². The largest absolute Gasteiger partial charge is 0.331 e. The molecule has 1 N–H and O–H groups in total. The molecule has 7 heteroatoms. The van der Waals surface area contributed by atoms with Gasteiger partial charge < -0.3 is 4.98 Å². The molecule has 3 aromatic heterocycles. The number of H-pyrrole nitrogens is 1. The molecule has 0 spiro atoms. The lowest BCUT2D eigenvalue weighted by atomic mass is 10.4. The van der Waals surface area contributed by atoms with Gasteiger partial charge in [-0.05, 0) is 30.1 Å². The van der Waals surface area contributed by atoms with Crippen LogP contribution in [0.25, 0.3) is 10.2 Å². The minimum atomic E-state index is -0.0398. The second-order valence-electron chi connectivity index (χ2n) is 4.06. The molecule has 0 saturated heterocycles. The molecule has 0 radical (unpaired) electrons. The van der Waals surface area contributed by atoms with Crippen molar-refractivity contribution in [3.8, 4) is 0 Å². The molecule has 0 amide bonds. The highest BCUT2D eigenvalue weighted by atomic mass is 32.1. The Labute approximate surface area is 122 Å². The molecule has 3 rings (SSSR count).